The van der Waals surface area contributed by atoms with Crippen molar-refractivity contribution in [2.45, 2.75) is 25.4 Å². The standard InChI is InChI=1S/C10H11I2NO/c11-7-3-6(5-13-8-1-2-8)10(14)9(12)4-7/h3-4,8,13-14H,1-2,5H2. The molecule has 0 saturated heterocycles. The topological polar surface area (TPSA) is 32.3 Å². The van der Waals surface area contributed by atoms with Crippen LogP contribution in [0.3, 0.4) is 0 Å². The maximum absolute atomic E-state index is 9.80. The molecule has 2 nitrogen and oxygen atoms in total. The van der Waals surface area contributed by atoms with Crippen molar-refractivity contribution in [1.82, 2.24) is 5.32 Å². The van der Waals surface area contributed by atoms with E-state index in [1.165, 1.54) is 16.4 Å². The molecule has 1 aliphatic carbocycles. The van der Waals surface area contributed by atoms with Crippen molar-refractivity contribution < 1.29 is 5.11 Å². The molecule has 0 radical (unpaired) electrons. The van der Waals surface area contributed by atoms with Crippen molar-refractivity contribution in [3.8, 4) is 5.75 Å². The normalized spacial score (nSPS) is 15.9. The minimum atomic E-state index is 0.430. The van der Waals surface area contributed by atoms with E-state index in [4.69, 9.17) is 0 Å². The van der Waals surface area contributed by atoms with Crippen LogP contribution in [0.25, 0.3) is 0 Å². The number of phenols is 1. The third-order valence-electron chi connectivity index (χ3n) is 2.27. The number of hydrogen-bond donors (Lipinski definition) is 2. The second kappa shape index (κ2) is 4.52. The number of benzene rings is 1. The number of phenolic OH excluding ortho intramolecular Hbond substituents is 1. The largest absolute Gasteiger partial charge is 0.507 e. The summed E-state index contributed by atoms with van der Waals surface area (Å²) < 4.78 is 2.11. The molecule has 0 amide bonds. The molecule has 76 valence electrons. The highest BCUT2D eigenvalue weighted by atomic mass is 127. The Kier molecular flexibility index (Phi) is 3.54. The molecule has 1 aromatic rings. The van der Waals surface area contributed by atoms with E-state index in [1.54, 1.807) is 0 Å². The smallest absolute Gasteiger partial charge is 0.133 e. The molecule has 1 aliphatic rings. The van der Waals surface area contributed by atoms with Gasteiger partial charge in [0, 0.05) is 21.7 Å². The molecule has 0 aliphatic heterocycles. The van der Waals surface area contributed by atoms with Crippen LogP contribution in [0.2, 0.25) is 0 Å². The van der Waals surface area contributed by atoms with E-state index in [-0.39, 0.29) is 0 Å². The molecule has 0 spiro atoms. The van der Waals surface area contributed by atoms with Gasteiger partial charge in [-0.3, -0.25) is 0 Å². The third kappa shape index (κ3) is 2.73. The molecule has 0 aromatic heterocycles. The number of aromatic hydroxyl groups is 1. The quantitative estimate of drug-likeness (QED) is 0.745. The minimum absolute atomic E-state index is 0.430. The zero-order valence-electron chi connectivity index (χ0n) is 7.56. The summed E-state index contributed by atoms with van der Waals surface area (Å²) >= 11 is 4.44. The van der Waals surface area contributed by atoms with Gasteiger partial charge in [-0.1, -0.05) is 0 Å². The zero-order chi connectivity index (χ0) is 10.1. The summed E-state index contributed by atoms with van der Waals surface area (Å²) in [5.41, 5.74) is 1.01. The summed E-state index contributed by atoms with van der Waals surface area (Å²) in [7, 11) is 0. The molecular weight excluding hydrogens is 404 g/mol. The second-order valence-corrected chi connectivity index (χ2v) is 5.96. The summed E-state index contributed by atoms with van der Waals surface area (Å²) in [5.74, 6) is 0.430. The van der Waals surface area contributed by atoms with E-state index in [0.717, 1.165) is 15.7 Å². The first-order chi connectivity index (χ1) is 6.66. The number of hydrogen-bond acceptors (Lipinski definition) is 2. The average molecular weight is 415 g/mol. The van der Waals surface area contributed by atoms with Crippen LogP contribution in [-0.2, 0) is 6.54 Å². The van der Waals surface area contributed by atoms with E-state index in [1.807, 2.05) is 12.1 Å². The van der Waals surface area contributed by atoms with Crippen LogP contribution in [-0.4, -0.2) is 11.1 Å². The van der Waals surface area contributed by atoms with E-state index in [2.05, 4.69) is 50.5 Å². The molecular formula is C10H11I2NO. The van der Waals surface area contributed by atoms with E-state index < -0.39 is 0 Å². The van der Waals surface area contributed by atoms with Gasteiger partial charge in [-0.15, -0.1) is 0 Å². The highest BCUT2D eigenvalue weighted by molar-refractivity contribution is 14.1. The van der Waals surface area contributed by atoms with Crippen LogP contribution in [0.4, 0.5) is 0 Å². The third-order valence-corrected chi connectivity index (χ3v) is 3.71. The van der Waals surface area contributed by atoms with Crippen molar-refractivity contribution in [3.63, 3.8) is 0 Å². The first-order valence-corrected chi connectivity index (χ1v) is 6.73. The molecule has 0 heterocycles. The van der Waals surface area contributed by atoms with E-state index in [0.29, 0.717) is 11.8 Å². The first kappa shape index (κ1) is 10.9. The maximum Gasteiger partial charge on any atom is 0.133 e. The van der Waals surface area contributed by atoms with Crippen LogP contribution >= 0.6 is 45.2 Å². The summed E-state index contributed by atoms with van der Waals surface area (Å²) in [6.45, 7) is 0.781. The Morgan fingerprint density at radius 1 is 1.36 bits per heavy atom. The van der Waals surface area contributed by atoms with E-state index >= 15 is 0 Å². The van der Waals surface area contributed by atoms with Crippen LogP contribution in [0.15, 0.2) is 12.1 Å². The van der Waals surface area contributed by atoms with Crippen LogP contribution in [0.5, 0.6) is 5.75 Å². The van der Waals surface area contributed by atoms with Crippen LogP contribution in [0.1, 0.15) is 18.4 Å². The predicted molar refractivity (Wildman–Crippen MR) is 73.4 cm³/mol. The zero-order valence-corrected chi connectivity index (χ0v) is 11.9. The molecule has 1 fully saturated rings. The fraction of sp³-hybridized carbons (Fsp3) is 0.400. The highest BCUT2D eigenvalue weighted by Crippen LogP contribution is 2.28. The molecule has 2 N–H and O–H groups in total. The lowest BCUT2D eigenvalue weighted by molar-refractivity contribution is 0.460. The lowest BCUT2D eigenvalue weighted by Gasteiger charge is -2.08. The molecule has 1 aromatic carbocycles. The summed E-state index contributed by atoms with van der Waals surface area (Å²) in [6, 6.07) is 4.70. The lowest BCUT2D eigenvalue weighted by atomic mass is 10.2. The molecule has 0 atom stereocenters. The Balaban J connectivity index is 2.13. The Hall–Kier alpha value is 0.440. The van der Waals surface area contributed by atoms with Crippen molar-refractivity contribution in [2.75, 3.05) is 0 Å². The summed E-state index contributed by atoms with van der Waals surface area (Å²) in [6.07, 6.45) is 2.56. The monoisotopic (exact) mass is 415 g/mol. The second-order valence-electron chi connectivity index (χ2n) is 3.55. The summed E-state index contributed by atoms with van der Waals surface area (Å²) in [5, 5.41) is 13.2. The van der Waals surface area contributed by atoms with Gasteiger partial charge in [-0.05, 0) is 70.2 Å². The molecule has 4 heteroatoms. The van der Waals surface area contributed by atoms with Crippen molar-refractivity contribution in [1.29, 1.82) is 0 Å². The maximum atomic E-state index is 9.80. The van der Waals surface area contributed by atoms with Gasteiger partial charge in [-0.25, -0.2) is 0 Å². The molecule has 2 rings (SSSR count). The SMILES string of the molecule is Oc1c(I)cc(I)cc1CNC1CC1. The number of rotatable bonds is 3. The number of halogens is 2. The van der Waals surface area contributed by atoms with Crippen LogP contribution in [0, 0.1) is 7.14 Å². The van der Waals surface area contributed by atoms with Gasteiger partial charge in [0.25, 0.3) is 0 Å². The Bertz CT molecular complexity index is 350. The summed E-state index contributed by atoms with van der Waals surface area (Å²) in [4.78, 5) is 0. The highest BCUT2D eigenvalue weighted by Gasteiger charge is 2.20. The lowest BCUT2D eigenvalue weighted by Crippen LogP contribution is -2.15. The van der Waals surface area contributed by atoms with Gasteiger partial charge in [-0.2, -0.15) is 0 Å². The van der Waals surface area contributed by atoms with Crippen molar-refractivity contribution in [2.24, 2.45) is 0 Å². The van der Waals surface area contributed by atoms with Crippen molar-refractivity contribution in [3.05, 3.63) is 24.8 Å². The van der Waals surface area contributed by atoms with Gasteiger partial charge in [0.05, 0.1) is 3.57 Å². The van der Waals surface area contributed by atoms with Gasteiger partial charge < -0.3 is 10.4 Å². The average Bonchev–Trinajstić information content (AvgIpc) is 2.92. The predicted octanol–water partition coefficient (Wildman–Crippen LogP) is 2.85. The van der Waals surface area contributed by atoms with Crippen LogP contribution < -0.4 is 5.32 Å². The first-order valence-electron chi connectivity index (χ1n) is 4.57. The van der Waals surface area contributed by atoms with E-state index in [9.17, 15) is 5.11 Å². The Labute approximate surface area is 111 Å². The Morgan fingerprint density at radius 3 is 2.71 bits per heavy atom. The minimum Gasteiger partial charge on any atom is -0.507 e. The van der Waals surface area contributed by atoms with Gasteiger partial charge in [0.1, 0.15) is 5.75 Å². The fourth-order valence-electron chi connectivity index (χ4n) is 1.30. The molecule has 1 saturated carbocycles. The van der Waals surface area contributed by atoms with Gasteiger partial charge in [0.2, 0.25) is 0 Å². The van der Waals surface area contributed by atoms with Gasteiger partial charge in [0.15, 0.2) is 0 Å². The Morgan fingerprint density at radius 2 is 2.07 bits per heavy atom. The molecule has 0 unspecified atom stereocenters. The molecule has 14 heavy (non-hydrogen) atoms. The van der Waals surface area contributed by atoms with Gasteiger partial charge >= 0.3 is 0 Å². The molecule has 0 bridgehead atoms. The van der Waals surface area contributed by atoms with Crippen molar-refractivity contribution >= 4 is 45.2 Å². The number of nitrogens with one attached hydrogen (secondary N) is 1. The fourth-order valence-corrected chi connectivity index (χ4v) is 3.26.